The van der Waals surface area contributed by atoms with Gasteiger partial charge in [-0.2, -0.15) is 4.39 Å². The van der Waals surface area contributed by atoms with Crippen molar-refractivity contribution in [3.8, 4) is 11.1 Å². The van der Waals surface area contributed by atoms with Crippen LogP contribution in [0.2, 0.25) is 0 Å². The van der Waals surface area contributed by atoms with Crippen molar-refractivity contribution >= 4 is 27.6 Å². The fourth-order valence-corrected chi connectivity index (χ4v) is 7.73. The summed E-state index contributed by atoms with van der Waals surface area (Å²) in [6, 6.07) is 9.27. The average Bonchev–Trinajstić information content (AvgIpc) is 3.50. The lowest BCUT2D eigenvalue weighted by atomic mass is 9.70. The van der Waals surface area contributed by atoms with Gasteiger partial charge in [-0.1, -0.05) is 48.5 Å². The number of amides is 3. The molecule has 2 aliphatic carbocycles. The molecule has 2 bridgehead atoms. The summed E-state index contributed by atoms with van der Waals surface area (Å²) >= 11 is 0. The van der Waals surface area contributed by atoms with E-state index in [0.717, 1.165) is 4.90 Å². The third-order valence-electron chi connectivity index (χ3n) is 9.39. The molecular formula is C31H32F3N3O6S. The van der Waals surface area contributed by atoms with Crippen LogP contribution < -0.4 is 10.6 Å². The molecule has 1 saturated carbocycles. The summed E-state index contributed by atoms with van der Waals surface area (Å²) < 4.78 is 69.1. The van der Waals surface area contributed by atoms with E-state index in [-0.39, 0.29) is 36.3 Å². The lowest BCUT2D eigenvalue weighted by Crippen LogP contribution is -2.70. The summed E-state index contributed by atoms with van der Waals surface area (Å²) in [7, 11) is -4.31. The fraction of sp³-hybridized carbons (Fsp3) is 0.452. The van der Waals surface area contributed by atoms with E-state index in [9.17, 15) is 32.3 Å². The zero-order chi connectivity index (χ0) is 31.6. The van der Waals surface area contributed by atoms with Crippen molar-refractivity contribution in [1.82, 2.24) is 15.5 Å². The summed E-state index contributed by atoms with van der Waals surface area (Å²) in [6.07, 6.45) is 0.872. The molecule has 5 atom stereocenters. The largest absolute Gasteiger partial charge is 0.372 e. The molecule has 234 valence electrons. The molecular weight excluding hydrogens is 599 g/mol. The Balaban J connectivity index is 1.39. The Kier molecular flexibility index (Phi) is 7.39. The summed E-state index contributed by atoms with van der Waals surface area (Å²) in [5.74, 6) is -7.94. The van der Waals surface area contributed by atoms with Crippen LogP contribution in [0.4, 0.5) is 13.2 Å². The molecule has 3 heterocycles. The molecule has 44 heavy (non-hydrogen) atoms. The molecule has 4 fully saturated rings. The van der Waals surface area contributed by atoms with E-state index < -0.39 is 74.7 Å². The number of piperidine rings is 2. The van der Waals surface area contributed by atoms with Crippen molar-refractivity contribution in [2.24, 2.45) is 11.8 Å². The minimum absolute atomic E-state index is 0.0750. The third-order valence-corrected chi connectivity index (χ3v) is 10.2. The highest BCUT2D eigenvalue weighted by Crippen LogP contribution is 2.53. The maximum atomic E-state index is 15.4. The Morgan fingerprint density at radius 2 is 1.70 bits per heavy atom. The van der Waals surface area contributed by atoms with Crippen LogP contribution in [-0.4, -0.2) is 73.0 Å². The highest BCUT2D eigenvalue weighted by molar-refractivity contribution is 7.94. The lowest BCUT2D eigenvalue weighted by molar-refractivity contribution is -0.201. The molecule has 3 amide bonds. The second-order valence-corrected chi connectivity index (χ2v) is 14.1. The van der Waals surface area contributed by atoms with E-state index in [2.05, 4.69) is 10.6 Å². The van der Waals surface area contributed by atoms with Gasteiger partial charge in [-0.15, -0.1) is 0 Å². The molecule has 13 heteroatoms. The molecule has 3 saturated heterocycles. The van der Waals surface area contributed by atoms with Gasteiger partial charge in [0.05, 0.1) is 12.0 Å². The first-order valence-electron chi connectivity index (χ1n) is 14.5. The zero-order valence-electron chi connectivity index (χ0n) is 23.8. The number of carbonyl (C=O) groups excluding carboxylic acids is 3. The summed E-state index contributed by atoms with van der Waals surface area (Å²) in [6.45, 7) is 0.338. The summed E-state index contributed by atoms with van der Waals surface area (Å²) in [5.41, 5.74) is -0.529. The predicted molar refractivity (Wildman–Crippen MR) is 153 cm³/mol. The van der Waals surface area contributed by atoms with E-state index in [4.69, 9.17) is 0 Å². The molecule has 0 unspecified atom stereocenters. The first kappa shape index (κ1) is 30.3. The van der Waals surface area contributed by atoms with E-state index >= 15 is 8.78 Å². The minimum atomic E-state index is -4.31. The van der Waals surface area contributed by atoms with Crippen molar-refractivity contribution in [3.63, 3.8) is 0 Å². The highest BCUT2D eigenvalue weighted by atomic mass is 32.2. The molecule has 5 aliphatic rings. The number of halogens is 3. The van der Waals surface area contributed by atoms with Gasteiger partial charge in [-0.05, 0) is 42.9 Å². The minimum Gasteiger partial charge on any atom is -0.372 e. The van der Waals surface area contributed by atoms with Gasteiger partial charge >= 0.3 is 0 Å². The SMILES string of the molecule is CS(=O)(=O)/C(F)=C/[C@@H](C[C@H]1CCNC1=O)NC(=O)[C@@H]1[C@@H]2CC[C@@H](CC2(F)F)N1C(=O)C1(O)c2ccccc2-c2ccccc21. The molecule has 9 nitrogen and oxygen atoms in total. The van der Waals surface area contributed by atoms with Crippen LogP contribution in [0.5, 0.6) is 0 Å². The van der Waals surface area contributed by atoms with Crippen molar-refractivity contribution in [2.75, 3.05) is 12.8 Å². The Bertz CT molecular complexity index is 1630. The number of benzene rings is 2. The van der Waals surface area contributed by atoms with Crippen LogP contribution in [0.3, 0.4) is 0 Å². The monoisotopic (exact) mass is 631 g/mol. The average molecular weight is 632 g/mol. The van der Waals surface area contributed by atoms with Gasteiger partial charge in [-0.25, -0.2) is 17.2 Å². The zero-order valence-corrected chi connectivity index (χ0v) is 24.6. The quantitative estimate of drug-likeness (QED) is 0.431. The normalized spacial score (nSPS) is 27.3. The Hall–Kier alpha value is -3.71. The molecule has 0 aromatic heterocycles. The van der Waals surface area contributed by atoms with Gasteiger partial charge in [0.2, 0.25) is 26.8 Å². The van der Waals surface area contributed by atoms with Gasteiger partial charge in [0, 0.05) is 42.3 Å². The van der Waals surface area contributed by atoms with E-state index in [1.54, 1.807) is 48.5 Å². The fourth-order valence-electron chi connectivity index (χ4n) is 7.32. The number of nitrogens with zero attached hydrogens (tertiary/aromatic N) is 1. The summed E-state index contributed by atoms with van der Waals surface area (Å²) in [5, 5.41) is 15.8. The van der Waals surface area contributed by atoms with Crippen LogP contribution in [0.15, 0.2) is 59.8 Å². The first-order chi connectivity index (χ1) is 20.7. The van der Waals surface area contributed by atoms with Crippen LogP contribution in [0.1, 0.15) is 43.2 Å². The molecule has 3 N–H and O–H groups in total. The standard InChI is InChI=1S/C31H32F3N3O6S/c1-44(42,43)25(32)15-18(14-17-12-13-35-27(17)38)36-28(39)26-24-11-10-19(16-30(24,33)34)37(26)29(40)31(41)22-8-4-2-6-20(22)21-7-3-5-9-23(21)31/h2-9,15,17-19,24,26,41H,10-14,16H2,1H3,(H,35,38)(H,36,39)/b25-15+/t17-,18-,19+,24+,26+/m1/s1. The number of aliphatic hydroxyl groups is 1. The maximum Gasteiger partial charge on any atom is 0.264 e. The number of fused-ring (bicyclic) bond motifs is 6. The van der Waals surface area contributed by atoms with Crippen LogP contribution in [0.25, 0.3) is 11.1 Å². The molecule has 2 aromatic carbocycles. The predicted octanol–water partition coefficient (Wildman–Crippen LogP) is 2.78. The Morgan fingerprint density at radius 1 is 1.09 bits per heavy atom. The van der Waals surface area contributed by atoms with Crippen molar-refractivity contribution in [2.45, 2.75) is 61.8 Å². The van der Waals surface area contributed by atoms with Crippen molar-refractivity contribution < 1.29 is 41.1 Å². The van der Waals surface area contributed by atoms with Gasteiger partial charge < -0.3 is 20.6 Å². The Morgan fingerprint density at radius 3 is 2.25 bits per heavy atom. The number of hydrogen-bond donors (Lipinski definition) is 3. The van der Waals surface area contributed by atoms with E-state index in [1.165, 1.54) is 0 Å². The molecule has 2 aromatic rings. The van der Waals surface area contributed by atoms with Crippen LogP contribution in [0, 0.1) is 11.8 Å². The van der Waals surface area contributed by atoms with Crippen molar-refractivity contribution in [1.29, 1.82) is 0 Å². The number of sulfone groups is 1. The first-order valence-corrected chi connectivity index (χ1v) is 16.4. The van der Waals surface area contributed by atoms with Crippen LogP contribution in [-0.2, 0) is 29.8 Å². The molecule has 7 rings (SSSR count). The third kappa shape index (κ3) is 4.90. The molecule has 0 radical (unpaired) electrons. The highest BCUT2D eigenvalue weighted by Gasteiger charge is 2.63. The second-order valence-electron chi connectivity index (χ2n) is 12.1. The lowest BCUT2D eigenvalue weighted by Gasteiger charge is -2.55. The topological polar surface area (TPSA) is 133 Å². The van der Waals surface area contributed by atoms with Crippen LogP contribution >= 0.6 is 0 Å². The molecule has 3 aliphatic heterocycles. The molecule has 0 spiro atoms. The Labute approximate surface area is 252 Å². The summed E-state index contributed by atoms with van der Waals surface area (Å²) in [4.78, 5) is 41.8. The smallest absolute Gasteiger partial charge is 0.264 e. The number of rotatable bonds is 7. The van der Waals surface area contributed by atoms with E-state index in [1.807, 2.05) is 0 Å². The van der Waals surface area contributed by atoms with Crippen molar-refractivity contribution in [3.05, 3.63) is 70.9 Å². The number of alkyl halides is 2. The van der Waals surface area contributed by atoms with Gasteiger partial charge in [0.1, 0.15) is 6.04 Å². The van der Waals surface area contributed by atoms with Gasteiger partial charge in [0.15, 0.2) is 5.60 Å². The maximum absolute atomic E-state index is 15.4. The number of nitrogens with one attached hydrogen (secondary N) is 2. The van der Waals surface area contributed by atoms with E-state index in [0.29, 0.717) is 36.4 Å². The van der Waals surface area contributed by atoms with Gasteiger partial charge in [-0.3, -0.25) is 14.4 Å². The second kappa shape index (κ2) is 10.7. The van der Waals surface area contributed by atoms with Gasteiger partial charge in [0.25, 0.3) is 11.8 Å². The number of carbonyl (C=O) groups is 3. The number of hydrogen-bond acceptors (Lipinski definition) is 6.